The van der Waals surface area contributed by atoms with E-state index in [-0.39, 0.29) is 0 Å². The second-order valence-corrected chi connectivity index (χ2v) is 6.10. The molecule has 4 heteroatoms. The summed E-state index contributed by atoms with van der Waals surface area (Å²) in [6, 6.07) is 6.84. The fourth-order valence-electron chi connectivity index (χ4n) is 3.92. The summed E-state index contributed by atoms with van der Waals surface area (Å²) < 4.78 is 5.92. The van der Waals surface area contributed by atoms with Gasteiger partial charge in [0.25, 0.3) is 0 Å². The molecule has 2 N–H and O–H groups in total. The number of fused-ring (bicyclic) bond motifs is 1. The van der Waals surface area contributed by atoms with Crippen LogP contribution in [0.4, 0.5) is 5.69 Å². The fourth-order valence-corrected chi connectivity index (χ4v) is 3.92. The van der Waals surface area contributed by atoms with Crippen LogP contribution in [0.5, 0.6) is 0 Å². The van der Waals surface area contributed by atoms with Crippen LogP contribution >= 0.6 is 0 Å². The third-order valence-corrected chi connectivity index (χ3v) is 5.25. The van der Waals surface area contributed by atoms with E-state index in [1.807, 2.05) is 6.20 Å². The van der Waals surface area contributed by atoms with Crippen molar-refractivity contribution in [1.82, 2.24) is 10.2 Å². The van der Waals surface area contributed by atoms with Crippen LogP contribution in [0.1, 0.15) is 32.6 Å². The molecule has 2 atom stereocenters. The Morgan fingerprint density at radius 3 is 3.10 bits per heavy atom. The van der Waals surface area contributed by atoms with Crippen LogP contribution in [0.2, 0.25) is 0 Å². The minimum atomic E-state index is 0.391. The molecule has 4 nitrogen and oxygen atoms in total. The van der Waals surface area contributed by atoms with Gasteiger partial charge in [-0.3, -0.25) is 5.10 Å². The van der Waals surface area contributed by atoms with Crippen LogP contribution < -0.4 is 5.32 Å². The standard InChI is InChI=1S/C16H21N3O/c1-2-20-15-9-14(16(15)7-4-8-16)18-12-5-3-6-13-11(12)10-17-19-13/h3,5-6,10,14-15,18H,2,4,7-9H2,1H3,(H,17,19). The summed E-state index contributed by atoms with van der Waals surface area (Å²) in [5.74, 6) is 0. The van der Waals surface area contributed by atoms with Crippen LogP contribution in [-0.2, 0) is 4.74 Å². The Morgan fingerprint density at radius 2 is 2.35 bits per heavy atom. The predicted octanol–water partition coefficient (Wildman–Crippen LogP) is 3.32. The van der Waals surface area contributed by atoms with E-state index in [4.69, 9.17) is 4.74 Å². The number of anilines is 1. The zero-order chi connectivity index (χ0) is 13.6. The van der Waals surface area contributed by atoms with Crippen molar-refractivity contribution in [2.24, 2.45) is 5.41 Å². The summed E-state index contributed by atoms with van der Waals surface area (Å²) in [6.07, 6.45) is 7.44. The van der Waals surface area contributed by atoms with Gasteiger partial charge in [-0.15, -0.1) is 0 Å². The molecular formula is C16H21N3O. The van der Waals surface area contributed by atoms with E-state index >= 15 is 0 Å². The molecule has 106 valence electrons. The van der Waals surface area contributed by atoms with Gasteiger partial charge in [0.1, 0.15) is 0 Å². The Labute approximate surface area is 118 Å². The topological polar surface area (TPSA) is 49.9 Å². The largest absolute Gasteiger partial charge is 0.381 e. The molecule has 2 aromatic rings. The van der Waals surface area contributed by atoms with Gasteiger partial charge >= 0.3 is 0 Å². The molecule has 2 unspecified atom stereocenters. The number of H-pyrrole nitrogens is 1. The molecule has 0 bridgehead atoms. The van der Waals surface area contributed by atoms with Gasteiger partial charge in [0.2, 0.25) is 0 Å². The summed E-state index contributed by atoms with van der Waals surface area (Å²) in [6.45, 7) is 2.93. The summed E-state index contributed by atoms with van der Waals surface area (Å²) >= 11 is 0. The Bertz CT molecular complexity index is 617. The molecule has 4 rings (SSSR count). The van der Waals surface area contributed by atoms with Crippen LogP contribution in [0.15, 0.2) is 24.4 Å². The lowest BCUT2D eigenvalue weighted by Crippen LogP contribution is -2.64. The first-order chi connectivity index (χ1) is 9.83. The Balaban J connectivity index is 1.56. The molecule has 0 aliphatic heterocycles. The van der Waals surface area contributed by atoms with Gasteiger partial charge in [0.05, 0.1) is 17.8 Å². The van der Waals surface area contributed by atoms with Crippen LogP contribution in [0.3, 0.4) is 0 Å². The summed E-state index contributed by atoms with van der Waals surface area (Å²) in [5, 5.41) is 12.1. The van der Waals surface area contributed by atoms with Gasteiger partial charge in [0.15, 0.2) is 0 Å². The van der Waals surface area contributed by atoms with E-state index in [0.29, 0.717) is 17.6 Å². The molecule has 0 amide bonds. The number of hydrogen-bond donors (Lipinski definition) is 2. The van der Waals surface area contributed by atoms with Gasteiger partial charge in [-0.2, -0.15) is 5.10 Å². The molecular weight excluding hydrogens is 250 g/mol. The van der Waals surface area contributed by atoms with E-state index in [2.05, 4.69) is 40.6 Å². The van der Waals surface area contributed by atoms with Crippen molar-refractivity contribution in [2.45, 2.75) is 44.8 Å². The van der Waals surface area contributed by atoms with Crippen molar-refractivity contribution in [3.8, 4) is 0 Å². The van der Waals surface area contributed by atoms with Crippen molar-refractivity contribution >= 4 is 16.6 Å². The van der Waals surface area contributed by atoms with Gasteiger partial charge < -0.3 is 10.1 Å². The highest BCUT2D eigenvalue weighted by Gasteiger charge is 2.58. The maximum Gasteiger partial charge on any atom is 0.0671 e. The first kappa shape index (κ1) is 12.2. The number of benzene rings is 1. The van der Waals surface area contributed by atoms with Crippen LogP contribution in [0, 0.1) is 5.41 Å². The first-order valence-electron chi connectivity index (χ1n) is 7.64. The summed E-state index contributed by atoms with van der Waals surface area (Å²) in [4.78, 5) is 0. The maximum absolute atomic E-state index is 5.92. The smallest absolute Gasteiger partial charge is 0.0671 e. The number of aromatic nitrogens is 2. The minimum Gasteiger partial charge on any atom is -0.381 e. The molecule has 20 heavy (non-hydrogen) atoms. The van der Waals surface area contributed by atoms with Gasteiger partial charge in [0, 0.05) is 29.1 Å². The van der Waals surface area contributed by atoms with Crippen molar-refractivity contribution in [3.05, 3.63) is 24.4 Å². The van der Waals surface area contributed by atoms with Gasteiger partial charge in [-0.1, -0.05) is 12.5 Å². The average Bonchev–Trinajstić information content (AvgIpc) is 2.84. The lowest BCUT2D eigenvalue weighted by Gasteiger charge is -2.61. The zero-order valence-electron chi connectivity index (χ0n) is 11.9. The minimum absolute atomic E-state index is 0.391. The number of nitrogens with zero attached hydrogens (tertiary/aromatic N) is 1. The first-order valence-corrected chi connectivity index (χ1v) is 7.64. The Morgan fingerprint density at radius 1 is 1.45 bits per heavy atom. The highest BCUT2D eigenvalue weighted by molar-refractivity contribution is 5.91. The molecule has 1 spiro atoms. The molecule has 2 aliphatic carbocycles. The van der Waals surface area contributed by atoms with E-state index in [0.717, 1.165) is 18.5 Å². The molecule has 0 saturated heterocycles. The van der Waals surface area contributed by atoms with E-state index < -0.39 is 0 Å². The van der Waals surface area contributed by atoms with Crippen LogP contribution in [-0.4, -0.2) is 29.0 Å². The van der Waals surface area contributed by atoms with Gasteiger partial charge in [-0.25, -0.2) is 0 Å². The number of aromatic amines is 1. The Hall–Kier alpha value is -1.55. The molecule has 2 aliphatic rings. The molecule has 1 heterocycles. The van der Waals surface area contributed by atoms with E-state index in [1.54, 1.807) is 0 Å². The Kier molecular flexibility index (Phi) is 2.74. The fraction of sp³-hybridized carbons (Fsp3) is 0.562. The highest BCUT2D eigenvalue weighted by Crippen LogP contribution is 2.58. The number of hydrogen-bond acceptors (Lipinski definition) is 3. The van der Waals surface area contributed by atoms with Crippen molar-refractivity contribution in [2.75, 3.05) is 11.9 Å². The third kappa shape index (κ3) is 1.61. The number of rotatable bonds is 4. The van der Waals surface area contributed by atoms with E-state index in [1.165, 1.54) is 30.3 Å². The van der Waals surface area contributed by atoms with Crippen molar-refractivity contribution in [3.63, 3.8) is 0 Å². The predicted molar refractivity (Wildman–Crippen MR) is 79.8 cm³/mol. The SMILES string of the molecule is CCOC1CC(Nc2cccc3[nH]ncc23)C12CCC2. The monoisotopic (exact) mass is 271 g/mol. The van der Waals surface area contributed by atoms with Crippen molar-refractivity contribution in [1.29, 1.82) is 0 Å². The summed E-state index contributed by atoms with van der Waals surface area (Å²) in [5.41, 5.74) is 2.68. The van der Waals surface area contributed by atoms with E-state index in [9.17, 15) is 0 Å². The number of nitrogens with one attached hydrogen (secondary N) is 2. The lowest BCUT2D eigenvalue weighted by molar-refractivity contribution is -0.157. The highest BCUT2D eigenvalue weighted by atomic mass is 16.5. The molecule has 1 aromatic carbocycles. The molecule has 2 fully saturated rings. The quantitative estimate of drug-likeness (QED) is 0.897. The maximum atomic E-state index is 5.92. The second kappa shape index (κ2) is 4.48. The molecule has 0 radical (unpaired) electrons. The molecule has 1 aromatic heterocycles. The molecule has 2 saturated carbocycles. The van der Waals surface area contributed by atoms with Gasteiger partial charge in [-0.05, 0) is 38.3 Å². The van der Waals surface area contributed by atoms with Crippen LogP contribution in [0.25, 0.3) is 10.9 Å². The lowest BCUT2D eigenvalue weighted by atomic mass is 9.51. The number of ether oxygens (including phenoxy) is 1. The third-order valence-electron chi connectivity index (χ3n) is 5.25. The average molecular weight is 271 g/mol. The van der Waals surface area contributed by atoms with Crippen molar-refractivity contribution < 1.29 is 4.74 Å². The normalized spacial score (nSPS) is 27.2. The zero-order valence-corrected chi connectivity index (χ0v) is 11.9. The summed E-state index contributed by atoms with van der Waals surface area (Å²) in [7, 11) is 0. The second-order valence-electron chi connectivity index (χ2n) is 6.10.